The molecule has 0 saturated carbocycles. The number of hydrogen-bond acceptors (Lipinski definition) is 1. The van der Waals surface area contributed by atoms with Gasteiger partial charge in [0.25, 0.3) is 0 Å². The molecule has 1 atom stereocenters. The van der Waals surface area contributed by atoms with Gasteiger partial charge >= 0.3 is 0 Å². The van der Waals surface area contributed by atoms with Crippen LogP contribution in [0.3, 0.4) is 0 Å². The number of rotatable bonds is 1. The zero-order chi connectivity index (χ0) is 5.70. The molecule has 7 heavy (non-hydrogen) atoms. The Labute approximate surface area is 48.3 Å². The van der Waals surface area contributed by atoms with Gasteiger partial charge in [-0.15, -0.1) is 11.6 Å². The molecule has 40 valence electrons. The molecule has 0 aliphatic rings. The summed E-state index contributed by atoms with van der Waals surface area (Å²) in [7, 11) is 0. The quantitative estimate of drug-likeness (QED) is 0.407. The SMILES string of the molecule is CCC(Cl)C#CO. The number of alkyl halides is 1. The van der Waals surface area contributed by atoms with Crippen molar-refractivity contribution in [3.63, 3.8) is 0 Å². The predicted molar refractivity (Wildman–Crippen MR) is 29.6 cm³/mol. The Hall–Kier alpha value is -0.350. The molecule has 1 unspecified atom stereocenters. The average Bonchev–Trinajstić information content (AvgIpc) is 1.68. The van der Waals surface area contributed by atoms with Gasteiger partial charge in [0.2, 0.25) is 0 Å². The van der Waals surface area contributed by atoms with E-state index in [1.807, 2.05) is 6.92 Å². The van der Waals surface area contributed by atoms with Crippen LogP contribution < -0.4 is 0 Å². The Kier molecular flexibility index (Phi) is 3.64. The molecule has 0 fully saturated rings. The second-order valence-electron chi connectivity index (χ2n) is 1.13. The summed E-state index contributed by atoms with van der Waals surface area (Å²) in [6.45, 7) is 1.90. The van der Waals surface area contributed by atoms with Crippen LogP contribution in [0.4, 0.5) is 0 Å². The topological polar surface area (TPSA) is 20.2 Å². The van der Waals surface area contributed by atoms with Crippen LogP contribution in [-0.4, -0.2) is 10.5 Å². The van der Waals surface area contributed by atoms with Crippen molar-refractivity contribution in [2.24, 2.45) is 0 Å². The molecule has 2 heteroatoms. The molecule has 0 aromatic carbocycles. The highest BCUT2D eigenvalue weighted by molar-refractivity contribution is 6.22. The van der Waals surface area contributed by atoms with Crippen molar-refractivity contribution in [2.45, 2.75) is 18.7 Å². The summed E-state index contributed by atoms with van der Waals surface area (Å²) in [4.78, 5) is 0. The molecule has 0 spiro atoms. The van der Waals surface area contributed by atoms with Crippen molar-refractivity contribution in [1.82, 2.24) is 0 Å². The largest absolute Gasteiger partial charge is 0.462 e. The van der Waals surface area contributed by atoms with E-state index < -0.39 is 0 Å². The van der Waals surface area contributed by atoms with E-state index in [4.69, 9.17) is 16.7 Å². The van der Waals surface area contributed by atoms with E-state index in [2.05, 4.69) is 5.92 Å². The molecule has 0 heterocycles. The van der Waals surface area contributed by atoms with Gasteiger partial charge in [-0.1, -0.05) is 6.92 Å². The minimum absolute atomic E-state index is 0.190. The average molecular weight is 119 g/mol. The Morgan fingerprint density at radius 3 is 2.57 bits per heavy atom. The molecular weight excluding hydrogens is 112 g/mol. The van der Waals surface area contributed by atoms with Crippen molar-refractivity contribution >= 4 is 11.6 Å². The Morgan fingerprint density at radius 2 is 2.43 bits per heavy atom. The van der Waals surface area contributed by atoms with E-state index in [9.17, 15) is 0 Å². The second-order valence-corrected chi connectivity index (χ2v) is 1.66. The zero-order valence-electron chi connectivity index (χ0n) is 4.11. The lowest BCUT2D eigenvalue weighted by Crippen LogP contribution is -1.87. The van der Waals surface area contributed by atoms with E-state index in [-0.39, 0.29) is 5.38 Å². The standard InChI is InChI=1S/C5H7ClO/c1-2-5(6)3-4-7/h5,7H,2H2,1H3. The summed E-state index contributed by atoms with van der Waals surface area (Å²) in [5, 5.41) is 7.73. The fourth-order valence-electron chi connectivity index (χ4n) is 0.172. The fraction of sp³-hybridized carbons (Fsp3) is 0.600. The second kappa shape index (κ2) is 3.83. The Morgan fingerprint density at radius 1 is 1.86 bits per heavy atom. The van der Waals surface area contributed by atoms with Gasteiger partial charge in [-0.3, -0.25) is 0 Å². The zero-order valence-corrected chi connectivity index (χ0v) is 4.87. The number of halogens is 1. The minimum atomic E-state index is -0.190. The summed E-state index contributed by atoms with van der Waals surface area (Å²) in [5.41, 5.74) is 0. The lowest BCUT2D eigenvalue weighted by atomic mass is 10.3. The van der Waals surface area contributed by atoms with Crippen LogP contribution in [0.1, 0.15) is 13.3 Å². The molecule has 0 aromatic heterocycles. The first-order valence-corrected chi connectivity index (χ1v) is 2.53. The van der Waals surface area contributed by atoms with Gasteiger partial charge in [0.05, 0.1) is 5.38 Å². The molecule has 0 aliphatic heterocycles. The van der Waals surface area contributed by atoms with Crippen LogP contribution in [0.15, 0.2) is 0 Å². The molecular formula is C5H7ClO. The van der Waals surface area contributed by atoms with E-state index in [1.165, 1.54) is 0 Å². The molecule has 1 N–H and O–H groups in total. The maximum absolute atomic E-state index is 7.92. The van der Waals surface area contributed by atoms with Gasteiger partial charge in [0.1, 0.15) is 6.11 Å². The lowest BCUT2D eigenvalue weighted by Gasteiger charge is -1.87. The van der Waals surface area contributed by atoms with E-state index >= 15 is 0 Å². The first-order valence-electron chi connectivity index (χ1n) is 2.10. The summed E-state index contributed by atoms with van der Waals surface area (Å²) in [6, 6.07) is 0. The monoisotopic (exact) mass is 118 g/mol. The van der Waals surface area contributed by atoms with Crippen LogP contribution in [0.25, 0.3) is 0 Å². The first kappa shape index (κ1) is 6.65. The van der Waals surface area contributed by atoms with Gasteiger partial charge in [-0.05, 0) is 12.3 Å². The Bertz CT molecular complexity index is 90.0. The smallest absolute Gasteiger partial charge is 0.109 e. The highest BCUT2D eigenvalue weighted by atomic mass is 35.5. The van der Waals surface area contributed by atoms with Crippen molar-refractivity contribution < 1.29 is 5.11 Å². The number of aliphatic hydroxyl groups is 1. The summed E-state index contributed by atoms with van der Waals surface area (Å²) in [5.74, 6) is 2.37. The van der Waals surface area contributed by atoms with Gasteiger partial charge in [0.15, 0.2) is 0 Å². The van der Waals surface area contributed by atoms with Crippen molar-refractivity contribution in [2.75, 3.05) is 0 Å². The normalized spacial score (nSPS) is 11.7. The van der Waals surface area contributed by atoms with Crippen LogP contribution in [0.2, 0.25) is 0 Å². The van der Waals surface area contributed by atoms with E-state index in [0.717, 1.165) is 6.42 Å². The molecule has 0 aliphatic carbocycles. The van der Waals surface area contributed by atoms with Gasteiger partial charge in [0, 0.05) is 0 Å². The van der Waals surface area contributed by atoms with Gasteiger partial charge in [-0.2, -0.15) is 0 Å². The van der Waals surface area contributed by atoms with Crippen molar-refractivity contribution in [1.29, 1.82) is 0 Å². The van der Waals surface area contributed by atoms with Gasteiger partial charge < -0.3 is 5.11 Å². The Balaban J connectivity index is 3.29. The summed E-state index contributed by atoms with van der Waals surface area (Å²) >= 11 is 5.43. The highest BCUT2D eigenvalue weighted by Crippen LogP contribution is 1.96. The third-order valence-corrected chi connectivity index (χ3v) is 0.997. The van der Waals surface area contributed by atoms with Gasteiger partial charge in [-0.25, -0.2) is 0 Å². The fourth-order valence-corrected chi connectivity index (χ4v) is 0.221. The van der Waals surface area contributed by atoms with Crippen molar-refractivity contribution in [3.05, 3.63) is 0 Å². The summed E-state index contributed by atoms with van der Waals surface area (Å²) < 4.78 is 0. The molecule has 1 nitrogen and oxygen atoms in total. The van der Waals surface area contributed by atoms with Crippen LogP contribution in [-0.2, 0) is 0 Å². The molecule has 0 aromatic rings. The third-order valence-electron chi connectivity index (χ3n) is 0.580. The van der Waals surface area contributed by atoms with Crippen LogP contribution >= 0.6 is 11.6 Å². The first-order chi connectivity index (χ1) is 3.31. The predicted octanol–water partition coefficient (Wildman–Crippen LogP) is 1.34. The van der Waals surface area contributed by atoms with E-state index in [0.29, 0.717) is 0 Å². The molecule has 0 rings (SSSR count). The summed E-state index contributed by atoms with van der Waals surface area (Å²) in [6.07, 6.45) is 2.51. The maximum Gasteiger partial charge on any atom is 0.109 e. The van der Waals surface area contributed by atoms with E-state index in [1.54, 1.807) is 6.11 Å². The molecule has 0 saturated heterocycles. The molecule has 0 amide bonds. The van der Waals surface area contributed by atoms with Crippen molar-refractivity contribution in [3.8, 4) is 12.0 Å². The maximum atomic E-state index is 7.92. The molecule has 0 bridgehead atoms. The van der Waals surface area contributed by atoms with Crippen LogP contribution in [0, 0.1) is 12.0 Å². The molecule has 0 radical (unpaired) electrons. The number of aliphatic hydroxyl groups excluding tert-OH is 1. The highest BCUT2D eigenvalue weighted by Gasteiger charge is 1.90. The lowest BCUT2D eigenvalue weighted by molar-refractivity contribution is 0.516. The third kappa shape index (κ3) is 3.48. The van der Waals surface area contributed by atoms with Crippen LogP contribution in [0.5, 0.6) is 0 Å². The minimum Gasteiger partial charge on any atom is -0.462 e. The number of hydrogen-bond donors (Lipinski definition) is 1.